The molecule has 0 aliphatic rings. The van der Waals surface area contributed by atoms with Crippen LogP contribution in [0.2, 0.25) is 0 Å². The lowest BCUT2D eigenvalue weighted by atomic mass is 10.2. The van der Waals surface area contributed by atoms with Crippen LogP contribution in [-0.2, 0) is 7.05 Å². The Morgan fingerprint density at radius 2 is 2.12 bits per heavy atom. The molecule has 3 aromatic rings. The van der Waals surface area contributed by atoms with Gasteiger partial charge in [0.1, 0.15) is 0 Å². The van der Waals surface area contributed by atoms with Gasteiger partial charge in [0.2, 0.25) is 5.16 Å². The van der Waals surface area contributed by atoms with Crippen LogP contribution in [-0.4, -0.2) is 53.4 Å². The van der Waals surface area contributed by atoms with E-state index in [0.717, 1.165) is 5.56 Å². The predicted molar refractivity (Wildman–Crippen MR) is 87.1 cm³/mol. The van der Waals surface area contributed by atoms with Crippen molar-refractivity contribution in [3.05, 3.63) is 42.5 Å². The molecule has 1 N–H and O–H groups in total. The monoisotopic (exact) mass is 342 g/mol. The van der Waals surface area contributed by atoms with Crippen molar-refractivity contribution in [1.29, 1.82) is 0 Å². The van der Waals surface area contributed by atoms with Gasteiger partial charge in [-0.2, -0.15) is 0 Å². The molecule has 10 heteroatoms. The number of aromatic nitrogens is 7. The van der Waals surface area contributed by atoms with Crippen molar-refractivity contribution in [2.24, 2.45) is 7.05 Å². The normalized spacial score (nSPS) is 10.5. The smallest absolute Gasteiger partial charge is 0.254 e. The fourth-order valence-corrected chi connectivity index (χ4v) is 2.55. The first-order chi connectivity index (χ1) is 11.7. The highest BCUT2D eigenvalue weighted by Gasteiger charge is 2.08. The van der Waals surface area contributed by atoms with E-state index in [1.54, 1.807) is 24.1 Å². The van der Waals surface area contributed by atoms with Gasteiger partial charge >= 0.3 is 0 Å². The van der Waals surface area contributed by atoms with E-state index >= 15 is 0 Å². The lowest BCUT2D eigenvalue weighted by molar-refractivity contribution is 0.0955. The van der Waals surface area contributed by atoms with Gasteiger partial charge in [-0.25, -0.2) is 14.6 Å². The molecule has 3 rings (SSSR count). The molecule has 0 radical (unpaired) electrons. The first kappa shape index (κ1) is 16.0. The van der Waals surface area contributed by atoms with Crippen molar-refractivity contribution in [3.8, 4) is 11.4 Å². The second kappa shape index (κ2) is 7.59. The van der Waals surface area contributed by atoms with E-state index < -0.39 is 0 Å². The van der Waals surface area contributed by atoms with Crippen LogP contribution in [0.3, 0.4) is 0 Å². The Labute approximate surface area is 141 Å². The number of rotatable bonds is 6. The fraction of sp³-hybridized carbons (Fsp3) is 0.214. The van der Waals surface area contributed by atoms with Gasteiger partial charge < -0.3 is 5.32 Å². The Bertz CT molecular complexity index is 805. The number of thioether (sulfide) groups is 1. The molecule has 24 heavy (non-hydrogen) atoms. The van der Waals surface area contributed by atoms with Gasteiger partial charge in [-0.05, 0) is 22.6 Å². The van der Waals surface area contributed by atoms with Crippen LogP contribution in [0.5, 0.6) is 0 Å². The summed E-state index contributed by atoms with van der Waals surface area (Å²) in [5, 5.41) is 14.7. The SMILES string of the molecule is Cn1nnnc1SCCNC(=O)c1cnc(-c2cccnc2)nc1. The zero-order chi connectivity index (χ0) is 16.8. The van der Waals surface area contributed by atoms with Crippen LogP contribution in [0.15, 0.2) is 42.1 Å². The minimum atomic E-state index is -0.218. The standard InChI is InChI=1S/C14H14N8OS/c1-22-14(19-20-21-22)24-6-5-16-13(23)11-8-17-12(18-9-11)10-3-2-4-15-7-10/h2-4,7-9H,5-6H2,1H3,(H,16,23). The summed E-state index contributed by atoms with van der Waals surface area (Å²) >= 11 is 1.46. The molecule has 0 saturated heterocycles. The summed E-state index contributed by atoms with van der Waals surface area (Å²) in [5.41, 5.74) is 1.21. The van der Waals surface area contributed by atoms with Crippen molar-refractivity contribution >= 4 is 17.7 Å². The van der Waals surface area contributed by atoms with Crippen LogP contribution in [0.1, 0.15) is 10.4 Å². The number of hydrogen-bond acceptors (Lipinski definition) is 8. The average molecular weight is 342 g/mol. The van der Waals surface area contributed by atoms with Gasteiger partial charge in [-0.15, -0.1) is 5.10 Å². The molecule has 0 bridgehead atoms. The molecule has 0 fully saturated rings. The third-order valence-electron chi connectivity index (χ3n) is 3.03. The molecule has 3 heterocycles. The molecule has 1 amide bonds. The third-order valence-corrected chi connectivity index (χ3v) is 4.05. The molecule has 0 spiro atoms. The second-order valence-corrected chi connectivity index (χ2v) is 5.79. The number of tetrazole rings is 1. The molecule has 0 atom stereocenters. The van der Waals surface area contributed by atoms with Gasteiger partial charge in [0.05, 0.1) is 5.56 Å². The van der Waals surface area contributed by atoms with Gasteiger partial charge in [0.15, 0.2) is 5.82 Å². The molecule has 122 valence electrons. The van der Waals surface area contributed by atoms with Gasteiger partial charge in [-0.3, -0.25) is 9.78 Å². The molecule has 0 unspecified atom stereocenters. The molecule has 0 saturated carbocycles. The fourth-order valence-electron chi connectivity index (χ4n) is 1.84. The summed E-state index contributed by atoms with van der Waals surface area (Å²) < 4.78 is 1.58. The zero-order valence-corrected chi connectivity index (χ0v) is 13.6. The summed E-state index contributed by atoms with van der Waals surface area (Å²) in [6, 6.07) is 3.67. The van der Waals surface area contributed by atoms with Crippen LogP contribution in [0.4, 0.5) is 0 Å². The topological polar surface area (TPSA) is 111 Å². The number of aryl methyl sites for hydroxylation is 1. The van der Waals surface area contributed by atoms with E-state index in [1.807, 2.05) is 12.1 Å². The highest BCUT2D eigenvalue weighted by molar-refractivity contribution is 7.99. The van der Waals surface area contributed by atoms with Crippen molar-refractivity contribution in [3.63, 3.8) is 0 Å². The number of amides is 1. The molecular formula is C14H14N8OS. The zero-order valence-electron chi connectivity index (χ0n) is 12.8. The summed E-state index contributed by atoms with van der Waals surface area (Å²) in [5.74, 6) is 0.976. The molecule has 0 aromatic carbocycles. The highest BCUT2D eigenvalue weighted by Crippen LogP contribution is 2.12. The Hall–Kier alpha value is -2.88. The minimum absolute atomic E-state index is 0.218. The van der Waals surface area contributed by atoms with E-state index in [-0.39, 0.29) is 5.91 Å². The van der Waals surface area contributed by atoms with E-state index in [2.05, 4.69) is 35.8 Å². The quantitative estimate of drug-likeness (QED) is 0.511. The summed E-state index contributed by atoms with van der Waals surface area (Å²) in [7, 11) is 1.77. The number of nitrogens with one attached hydrogen (secondary N) is 1. The van der Waals surface area contributed by atoms with Crippen LogP contribution >= 0.6 is 11.8 Å². The maximum Gasteiger partial charge on any atom is 0.254 e. The van der Waals surface area contributed by atoms with E-state index in [1.165, 1.54) is 24.2 Å². The molecule has 9 nitrogen and oxygen atoms in total. The Balaban J connectivity index is 1.51. The van der Waals surface area contributed by atoms with Gasteiger partial charge in [0, 0.05) is 49.7 Å². The van der Waals surface area contributed by atoms with E-state index in [9.17, 15) is 4.79 Å². The largest absolute Gasteiger partial charge is 0.351 e. The van der Waals surface area contributed by atoms with Crippen molar-refractivity contribution in [2.75, 3.05) is 12.3 Å². The summed E-state index contributed by atoms with van der Waals surface area (Å²) in [6.07, 6.45) is 6.36. The first-order valence-corrected chi connectivity index (χ1v) is 8.08. The summed E-state index contributed by atoms with van der Waals surface area (Å²) in [4.78, 5) is 24.5. The number of pyridine rings is 1. The predicted octanol–water partition coefficient (Wildman–Crippen LogP) is 0.584. The highest BCUT2D eigenvalue weighted by atomic mass is 32.2. The van der Waals surface area contributed by atoms with Crippen molar-refractivity contribution in [2.45, 2.75) is 5.16 Å². The van der Waals surface area contributed by atoms with Crippen LogP contribution in [0.25, 0.3) is 11.4 Å². The Morgan fingerprint density at radius 1 is 1.29 bits per heavy atom. The third kappa shape index (κ3) is 3.90. The first-order valence-electron chi connectivity index (χ1n) is 7.10. The van der Waals surface area contributed by atoms with E-state index in [4.69, 9.17) is 0 Å². The van der Waals surface area contributed by atoms with Crippen LogP contribution < -0.4 is 5.32 Å². The summed E-state index contributed by atoms with van der Waals surface area (Å²) in [6.45, 7) is 0.487. The molecular weight excluding hydrogens is 328 g/mol. The molecule has 0 aliphatic heterocycles. The van der Waals surface area contributed by atoms with Crippen molar-refractivity contribution in [1.82, 2.24) is 40.5 Å². The van der Waals surface area contributed by atoms with Crippen molar-refractivity contribution < 1.29 is 4.79 Å². The second-order valence-electron chi connectivity index (χ2n) is 4.73. The molecule has 3 aromatic heterocycles. The van der Waals surface area contributed by atoms with Gasteiger partial charge in [-0.1, -0.05) is 11.8 Å². The number of nitrogens with zero attached hydrogens (tertiary/aromatic N) is 7. The average Bonchev–Trinajstić information content (AvgIpc) is 3.04. The van der Waals surface area contributed by atoms with Crippen LogP contribution in [0, 0.1) is 0 Å². The maximum atomic E-state index is 12.1. The van der Waals surface area contributed by atoms with E-state index in [0.29, 0.717) is 28.8 Å². The lowest BCUT2D eigenvalue weighted by Gasteiger charge is -2.05. The Kier molecular flexibility index (Phi) is 5.06. The maximum absolute atomic E-state index is 12.1. The lowest BCUT2D eigenvalue weighted by Crippen LogP contribution is -2.26. The van der Waals surface area contributed by atoms with Gasteiger partial charge in [0.25, 0.3) is 5.91 Å². The molecule has 0 aliphatic carbocycles. The number of carbonyl (C=O) groups excluding carboxylic acids is 1. The Morgan fingerprint density at radius 3 is 2.79 bits per heavy atom. The number of hydrogen-bond donors (Lipinski definition) is 1. The number of carbonyl (C=O) groups is 1. The minimum Gasteiger partial charge on any atom is -0.351 e.